The number of hydrogen-bond donors (Lipinski definition) is 4. The first-order chi connectivity index (χ1) is 13.6. The minimum absolute atomic E-state index is 0.229. The molecule has 28 heavy (non-hydrogen) atoms. The van der Waals surface area contributed by atoms with E-state index < -0.39 is 6.04 Å². The van der Waals surface area contributed by atoms with E-state index in [1.807, 2.05) is 48.7 Å². The van der Waals surface area contributed by atoms with Gasteiger partial charge < -0.3 is 15.6 Å². The van der Waals surface area contributed by atoms with Gasteiger partial charge in [0, 0.05) is 29.0 Å². The zero-order valence-electron chi connectivity index (χ0n) is 15.5. The van der Waals surface area contributed by atoms with E-state index in [4.69, 9.17) is 0 Å². The third-order valence-electron chi connectivity index (χ3n) is 4.79. The summed E-state index contributed by atoms with van der Waals surface area (Å²) in [4.78, 5) is 28.0. The highest BCUT2D eigenvalue weighted by molar-refractivity contribution is 6.05. The van der Waals surface area contributed by atoms with Crippen molar-refractivity contribution in [1.82, 2.24) is 25.8 Å². The number of fused-ring (bicyclic) bond motifs is 2. The summed E-state index contributed by atoms with van der Waals surface area (Å²) in [5, 5.41) is 14.4. The Hall–Kier alpha value is -3.61. The van der Waals surface area contributed by atoms with Crippen molar-refractivity contribution in [3.8, 4) is 0 Å². The molecule has 2 aromatic carbocycles. The zero-order chi connectivity index (χ0) is 19.5. The Morgan fingerprint density at radius 2 is 1.75 bits per heavy atom. The van der Waals surface area contributed by atoms with Crippen LogP contribution in [0.3, 0.4) is 0 Å². The number of carbonyl (C=O) groups is 2. The molecular weight excluding hydrogens is 354 g/mol. The van der Waals surface area contributed by atoms with Crippen LogP contribution >= 0.6 is 0 Å². The molecule has 0 saturated carbocycles. The molecule has 4 N–H and O–H groups in total. The third-order valence-corrected chi connectivity index (χ3v) is 4.79. The van der Waals surface area contributed by atoms with Gasteiger partial charge in [-0.05, 0) is 31.0 Å². The Balaban J connectivity index is 1.32. The summed E-state index contributed by atoms with van der Waals surface area (Å²) < 4.78 is 0. The van der Waals surface area contributed by atoms with Gasteiger partial charge in [0.1, 0.15) is 6.04 Å². The van der Waals surface area contributed by atoms with Crippen molar-refractivity contribution in [2.24, 2.45) is 0 Å². The second kappa shape index (κ2) is 7.56. The van der Waals surface area contributed by atoms with E-state index in [-0.39, 0.29) is 17.5 Å². The number of amides is 2. The normalized spacial score (nSPS) is 12.2. The van der Waals surface area contributed by atoms with Crippen LogP contribution in [0.1, 0.15) is 23.0 Å². The second-order valence-electron chi connectivity index (χ2n) is 6.71. The number of para-hydroxylation sites is 2. The van der Waals surface area contributed by atoms with Crippen LogP contribution in [0.5, 0.6) is 0 Å². The molecule has 0 spiro atoms. The fourth-order valence-electron chi connectivity index (χ4n) is 3.28. The molecule has 0 bridgehead atoms. The highest BCUT2D eigenvalue weighted by atomic mass is 16.2. The summed E-state index contributed by atoms with van der Waals surface area (Å²) >= 11 is 0. The van der Waals surface area contributed by atoms with Crippen LogP contribution in [0, 0.1) is 0 Å². The van der Waals surface area contributed by atoms with E-state index in [9.17, 15) is 9.59 Å². The van der Waals surface area contributed by atoms with Crippen molar-refractivity contribution in [2.75, 3.05) is 6.54 Å². The van der Waals surface area contributed by atoms with Gasteiger partial charge in [-0.3, -0.25) is 14.7 Å². The Morgan fingerprint density at radius 1 is 1.04 bits per heavy atom. The number of carbonyl (C=O) groups excluding carboxylic acids is 2. The minimum atomic E-state index is -0.661. The maximum atomic E-state index is 12.5. The maximum absolute atomic E-state index is 12.5. The van der Waals surface area contributed by atoms with Gasteiger partial charge in [0.05, 0.1) is 5.52 Å². The van der Waals surface area contributed by atoms with Crippen LogP contribution in [-0.4, -0.2) is 39.6 Å². The fourth-order valence-corrected chi connectivity index (χ4v) is 3.28. The summed E-state index contributed by atoms with van der Waals surface area (Å²) in [5.41, 5.74) is 3.30. The molecule has 142 valence electrons. The molecule has 1 unspecified atom stereocenters. The number of nitrogens with zero attached hydrogens (tertiary/aromatic N) is 1. The van der Waals surface area contributed by atoms with Crippen LogP contribution in [0.25, 0.3) is 21.8 Å². The number of H-pyrrole nitrogens is 2. The van der Waals surface area contributed by atoms with Gasteiger partial charge in [-0.15, -0.1) is 0 Å². The lowest BCUT2D eigenvalue weighted by molar-refractivity contribution is -0.122. The molecular formula is C21H21N5O2. The molecule has 0 saturated heterocycles. The molecule has 4 rings (SSSR count). The summed E-state index contributed by atoms with van der Waals surface area (Å²) in [5.74, 6) is -0.607. The molecule has 7 heteroatoms. The van der Waals surface area contributed by atoms with Crippen LogP contribution in [0.2, 0.25) is 0 Å². The Kier molecular flexibility index (Phi) is 4.80. The van der Waals surface area contributed by atoms with Crippen molar-refractivity contribution in [1.29, 1.82) is 0 Å². The van der Waals surface area contributed by atoms with Gasteiger partial charge in [-0.2, -0.15) is 5.10 Å². The molecule has 1 atom stereocenters. The second-order valence-corrected chi connectivity index (χ2v) is 6.71. The molecule has 0 aliphatic heterocycles. The van der Waals surface area contributed by atoms with Gasteiger partial charge >= 0.3 is 0 Å². The van der Waals surface area contributed by atoms with Crippen LogP contribution in [0.15, 0.2) is 54.7 Å². The zero-order valence-corrected chi connectivity index (χ0v) is 15.5. The lowest BCUT2D eigenvalue weighted by Gasteiger charge is -2.13. The van der Waals surface area contributed by atoms with E-state index in [1.54, 1.807) is 6.92 Å². The number of hydrogen-bond acceptors (Lipinski definition) is 3. The quantitative estimate of drug-likeness (QED) is 0.416. The van der Waals surface area contributed by atoms with E-state index in [0.717, 1.165) is 27.4 Å². The number of nitrogens with one attached hydrogen (secondary N) is 4. The summed E-state index contributed by atoms with van der Waals surface area (Å²) in [6.07, 6.45) is 2.67. The lowest BCUT2D eigenvalue weighted by Crippen LogP contribution is -2.45. The summed E-state index contributed by atoms with van der Waals surface area (Å²) in [6.45, 7) is 2.15. The Bertz CT molecular complexity index is 1140. The summed E-state index contributed by atoms with van der Waals surface area (Å²) in [7, 11) is 0. The van der Waals surface area contributed by atoms with Crippen LogP contribution in [-0.2, 0) is 11.2 Å². The first-order valence-electron chi connectivity index (χ1n) is 9.20. The highest BCUT2D eigenvalue weighted by Gasteiger charge is 2.19. The van der Waals surface area contributed by atoms with Gasteiger partial charge in [-0.1, -0.05) is 36.4 Å². The molecule has 0 aliphatic carbocycles. The number of aromatic amines is 2. The maximum Gasteiger partial charge on any atom is 0.273 e. The standard InChI is InChI=1S/C21H21N5O2/c1-13(24-21(28)19-16-7-3-5-9-18(16)25-26-19)20(27)22-11-10-14-12-23-17-8-4-2-6-15(14)17/h2-9,12-13,23H,10-11H2,1H3,(H,22,27)(H,24,28)(H,25,26). The average molecular weight is 375 g/mol. The van der Waals surface area contributed by atoms with E-state index in [0.29, 0.717) is 13.0 Å². The largest absolute Gasteiger partial charge is 0.361 e. The van der Waals surface area contributed by atoms with Crippen molar-refractivity contribution in [3.05, 3.63) is 66.0 Å². The van der Waals surface area contributed by atoms with Crippen molar-refractivity contribution in [2.45, 2.75) is 19.4 Å². The lowest BCUT2D eigenvalue weighted by atomic mass is 10.1. The smallest absolute Gasteiger partial charge is 0.273 e. The number of benzene rings is 2. The molecule has 7 nitrogen and oxygen atoms in total. The average Bonchev–Trinajstić information content (AvgIpc) is 3.32. The third kappa shape index (κ3) is 3.46. The van der Waals surface area contributed by atoms with E-state index >= 15 is 0 Å². The molecule has 2 heterocycles. The summed E-state index contributed by atoms with van der Waals surface area (Å²) in [6, 6.07) is 14.8. The van der Waals surface area contributed by atoms with Crippen LogP contribution < -0.4 is 10.6 Å². The fraction of sp³-hybridized carbons (Fsp3) is 0.190. The Morgan fingerprint density at radius 3 is 2.57 bits per heavy atom. The molecule has 2 aromatic heterocycles. The Labute approximate surface area is 161 Å². The van der Waals surface area contributed by atoms with Gasteiger partial charge in [0.15, 0.2) is 5.69 Å². The first kappa shape index (κ1) is 17.8. The van der Waals surface area contributed by atoms with E-state index in [1.165, 1.54) is 0 Å². The predicted octanol–water partition coefficient (Wildman–Crippen LogP) is 2.52. The van der Waals surface area contributed by atoms with Gasteiger partial charge in [0.25, 0.3) is 5.91 Å². The van der Waals surface area contributed by atoms with Gasteiger partial charge in [-0.25, -0.2) is 0 Å². The number of aromatic nitrogens is 3. The topological polar surface area (TPSA) is 103 Å². The monoisotopic (exact) mass is 375 g/mol. The van der Waals surface area contributed by atoms with Crippen molar-refractivity contribution in [3.63, 3.8) is 0 Å². The van der Waals surface area contributed by atoms with Crippen molar-refractivity contribution < 1.29 is 9.59 Å². The first-order valence-corrected chi connectivity index (χ1v) is 9.20. The SMILES string of the molecule is CC(NC(=O)c1n[nH]c2ccccc12)C(=O)NCCc1c[nH]c2ccccc12. The van der Waals surface area contributed by atoms with E-state index in [2.05, 4.69) is 31.9 Å². The van der Waals surface area contributed by atoms with Gasteiger partial charge in [0.2, 0.25) is 5.91 Å². The highest BCUT2D eigenvalue weighted by Crippen LogP contribution is 2.18. The molecule has 4 aromatic rings. The van der Waals surface area contributed by atoms with Crippen molar-refractivity contribution >= 4 is 33.6 Å². The van der Waals surface area contributed by atoms with Crippen LogP contribution in [0.4, 0.5) is 0 Å². The minimum Gasteiger partial charge on any atom is -0.361 e. The molecule has 0 radical (unpaired) electrons. The molecule has 0 fully saturated rings. The number of rotatable bonds is 6. The molecule has 2 amide bonds. The molecule has 0 aliphatic rings. The predicted molar refractivity (Wildman–Crippen MR) is 108 cm³/mol.